The summed E-state index contributed by atoms with van der Waals surface area (Å²) in [7, 11) is 1.37. The lowest BCUT2D eigenvalue weighted by Crippen LogP contribution is -2.30. The van der Waals surface area contributed by atoms with Gasteiger partial charge in [-0.1, -0.05) is 44.5 Å². The third-order valence-electron chi connectivity index (χ3n) is 5.73. The van der Waals surface area contributed by atoms with Gasteiger partial charge in [0.1, 0.15) is 5.75 Å². The van der Waals surface area contributed by atoms with Gasteiger partial charge in [-0.25, -0.2) is 0 Å². The first kappa shape index (κ1) is 24.8. The van der Waals surface area contributed by atoms with Crippen LogP contribution in [0.15, 0.2) is 42.5 Å². The van der Waals surface area contributed by atoms with Crippen LogP contribution in [0.5, 0.6) is 5.75 Å². The first-order valence-corrected chi connectivity index (χ1v) is 11.4. The molecule has 0 unspecified atom stereocenters. The lowest BCUT2D eigenvalue weighted by atomic mass is 9.83. The summed E-state index contributed by atoms with van der Waals surface area (Å²) >= 11 is 6.07. The zero-order valence-electron chi connectivity index (χ0n) is 20.2. The molecule has 0 bridgehead atoms. The van der Waals surface area contributed by atoms with E-state index in [1.807, 2.05) is 65.0 Å². The van der Waals surface area contributed by atoms with Gasteiger partial charge in [0.05, 0.1) is 12.5 Å². The van der Waals surface area contributed by atoms with Crippen molar-refractivity contribution in [3.8, 4) is 5.75 Å². The Kier molecular flexibility index (Phi) is 6.94. The number of ether oxygens (including phenoxy) is 1. The quantitative estimate of drug-likeness (QED) is 0.320. The Morgan fingerprint density at radius 3 is 2.24 bits per heavy atom. The number of esters is 1. The van der Waals surface area contributed by atoms with Gasteiger partial charge in [0.15, 0.2) is 5.78 Å². The van der Waals surface area contributed by atoms with E-state index in [9.17, 15) is 14.7 Å². The highest BCUT2D eigenvalue weighted by molar-refractivity contribution is 6.30. The van der Waals surface area contributed by atoms with Crippen molar-refractivity contribution in [3.63, 3.8) is 0 Å². The van der Waals surface area contributed by atoms with Crippen LogP contribution in [0.25, 0.3) is 10.9 Å². The van der Waals surface area contributed by atoms with E-state index in [1.54, 1.807) is 12.1 Å². The Morgan fingerprint density at radius 1 is 1.03 bits per heavy atom. The zero-order valence-corrected chi connectivity index (χ0v) is 20.9. The predicted octanol–water partition coefficient (Wildman–Crippen LogP) is 6.41. The minimum absolute atomic E-state index is 0.0105. The summed E-state index contributed by atoms with van der Waals surface area (Å²) in [5, 5.41) is 11.6. The number of phenols is 1. The molecule has 1 heterocycles. The summed E-state index contributed by atoms with van der Waals surface area (Å²) in [6.07, 6.45) is 0.655. The number of aromatic hydroxyl groups is 1. The van der Waals surface area contributed by atoms with Gasteiger partial charge >= 0.3 is 5.97 Å². The number of carbonyl (C=O) groups is 2. The molecule has 6 heteroatoms. The summed E-state index contributed by atoms with van der Waals surface area (Å²) in [4.78, 5) is 26.2. The molecule has 3 rings (SSSR count). The van der Waals surface area contributed by atoms with E-state index in [-0.39, 0.29) is 22.9 Å². The monoisotopic (exact) mass is 469 g/mol. The lowest BCUT2D eigenvalue weighted by molar-refractivity contribution is -0.150. The van der Waals surface area contributed by atoms with Crippen LogP contribution in [0.4, 0.5) is 0 Å². The number of methoxy groups -OCH3 is 1. The molecule has 2 aromatic carbocycles. The molecule has 0 saturated heterocycles. The maximum absolute atomic E-state index is 13.6. The number of halogens is 1. The van der Waals surface area contributed by atoms with Gasteiger partial charge < -0.3 is 14.4 Å². The molecular formula is C27H32ClNO4. The average molecular weight is 470 g/mol. The first-order valence-electron chi connectivity index (χ1n) is 11.0. The number of hydrogen-bond donors (Lipinski definition) is 1. The number of aromatic nitrogens is 1. The van der Waals surface area contributed by atoms with Crippen LogP contribution in [-0.2, 0) is 22.5 Å². The van der Waals surface area contributed by atoms with Crippen molar-refractivity contribution < 1.29 is 19.4 Å². The normalized spacial score (nSPS) is 12.2. The van der Waals surface area contributed by atoms with Crippen LogP contribution in [-0.4, -0.2) is 28.5 Å². The number of hydrogen-bond acceptors (Lipinski definition) is 4. The fourth-order valence-corrected chi connectivity index (χ4v) is 4.31. The fraction of sp³-hybridized carbons (Fsp3) is 0.407. The summed E-state index contributed by atoms with van der Waals surface area (Å²) in [6, 6.07) is 12.6. The molecule has 0 atom stereocenters. The number of rotatable bonds is 7. The third kappa shape index (κ3) is 5.59. The number of phenolic OH excluding ortho intramolecular Hbond substituents is 1. The molecule has 0 amide bonds. The fourth-order valence-electron chi connectivity index (χ4n) is 4.18. The molecule has 0 radical (unpaired) electrons. The van der Waals surface area contributed by atoms with Crippen LogP contribution in [0, 0.1) is 10.8 Å². The molecule has 5 nitrogen and oxygen atoms in total. The number of nitrogens with zero attached hydrogens (tertiary/aromatic N) is 1. The first-order chi connectivity index (χ1) is 15.3. The largest absolute Gasteiger partial charge is 0.508 e. The van der Waals surface area contributed by atoms with E-state index in [4.69, 9.17) is 16.3 Å². The average Bonchev–Trinajstić information content (AvgIpc) is 2.99. The molecule has 33 heavy (non-hydrogen) atoms. The highest BCUT2D eigenvalue weighted by atomic mass is 35.5. The second-order valence-electron chi connectivity index (χ2n) is 10.4. The molecule has 1 N–H and O–H groups in total. The van der Waals surface area contributed by atoms with Crippen molar-refractivity contribution in [2.24, 2.45) is 10.8 Å². The highest BCUT2D eigenvalue weighted by Gasteiger charge is 2.34. The smallest absolute Gasteiger partial charge is 0.311 e. The van der Waals surface area contributed by atoms with Crippen molar-refractivity contribution in [3.05, 3.63) is 64.3 Å². The van der Waals surface area contributed by atoms with E-state index < -0.39 is 5.41 Å². The Balaban J connectivity index is 2.28. The van der Waals surface area contributed by atoms with Gasteiger partial charge in [0, 0.05) is 46.6 Å². The topological polar surface area (TPSA) is 68.5 Å². The number of fused-ring (bicyclic) bond motifs is 1. The molecular weight excluding hydrogens is 438 g/mol. The van der Waals surface area contributed by atoms with E-state index in [1.165, 1.54) is 7.11 Å². The molecule has 0 aliphatic heterocycles. The standard InChI is InChI=1S/C27H32ClNO4/c1-26(2,3)15-23(31)24-20-13-19(30)11-12-21(20)29(16-17-7-9-18(28)10-8-17)22(24)14-27(4,5)25(32)33-6/h7-13,30H,14-16H2,1-6H3. The molecule has 0 aliphatic rings. The van der Waals surface area contributed by atoms with Gasteiger partial charge in [0.2, 0.25) is 0 Å². The highest BCUT2D eigenvalue weighted by Crippen LogP contribution is 2.37. The van der Waals surface area contributed by atoms with Gasteiger partial charge in [-0.2, -0.15) is 0 Å². The maximum atomic E-state index is 13.6. The summed E-state index contributed by atoms with van der Waals surface area (Å²) in [5.74, 6) is -0.263. The van der Waals surface area contributed by atoms with Crippen molar-refractivity contribution >= 4 is 34.3 Å². The number of ketones is 1. The molecule has 3 aromatic rings. The Bertz CT molecular complexity index is 1180. The van der Waals surface area contributed by atoms with Crippen molar-refractivity contribution in [2.45, 2.75) is 54.0 Å². The minimum atomic E-state index is -0.848. The predicted molar refractivity (Wildman–Crippen MR) is 132 cm³/mol. The van der Waals surface area contributed by atoms with E-state index >= 15 is 0 Å². The van der Waals surface area contributed by atoms with Crippen molar-refractivity contribution in [1.82, 2.24) is 4.57 Å². The Hall–Kier alpha value is -2.79. The molecule has 0 fully saturated rings. The van der Waals surface area contributed by atoms with E-state index in [0.29, 0.717) is 35.4 Å². The summed E-state index contributed by atoms with van der Waals surface area (Å²) < 4.78 is 7.11. The zero-order chi connectivity index (χ0) is 24.6. The SMILES string of the molecule is COC(=O)C(C)(C)Cc1c(C(=O)CC(C)(C)C)c2cc(O)ccc2n1Cc1ccc(Cl)cc1. The Morgan fingerprint density at radius 2 is 1.67 bits per heavy atom. The van der Waals surface area contributed by atoms with Crippen molar-refractivity contribution in [2.75, 3.05) is 7.11 Å². The number of Topliss-reactive ketones (excluding diaryl/α,β-unsaturated/α-hetero) is 1. The molecule has 0 aliphatic carbocycles. The number of carbonyl (C=O) groups excluding carboxylic acids is 2. The van der Waals surface area contributed by atoms with Crippen LogP contribution in [0.2, 0.25) is 5.02 Å². The molecule has 176 valence electrons. The van der Waals surface area contributed by atoms with Gasteiger partial charge in [0.25, 0.3) is 0 Å². The second-order valence-corrected chi connectivity index (χ2v) is 10.9. The molecule has 1 aromatic heterocycles. The van der Waals surface area contributed by atoms with Crippen LogP contribution in [0.1, 0.15) is 62.7 Å². The van der Waals surface area contributed by atoms with Gasteiger partial charge in [-0.3, -0.25) is 9.59 Å². The second kappa shape index (κ2) is 9.22. The minimum Gasteiger partial charge on any atom is -0.508 e. The van der Waals surface area contributed by atoms with Crippen LogP contribution >= 0.6 is 11.6 Å². The van der Waals surface area contributed by atoms with Crippen LogP contribution in [0.3, 0.4) is 0 Å². The van der Waals surface area contributed by atoms with Crippen molar-refractivity contribution in [1.29, 1.82) is 0 Å². The third-order valence-corrected chi connectivity index (χ3v) is 5.98. The Labute approximate surface area is 200 Å². The lowest BCUT2D eigenvalue weighted by Gasteiger charge is -2.24. The maximum Gasteiger partial charge on any atom is 0.311 e. The van der Waals surface area contributed by atoms with Crippen LogP contribution < -0.4 is 0 Å². The molecule has 0 saturated carbocycles. The number of benzene rings is 2. The van der Waals surface area contributed by atoms with Gasteiger partial charge in [-0.15, -0.1) is 0 Å². The van der Waals surface area contributed by atoms with Gasteiger partial charge in [-0.05, 0) is 55.2 Å². The molecule has 0 spiro atoms. The summed E-state index contributed by atoms with van der Waals surface area (Å²) in [6.45, 7) is 10.2. The summed E-state index contributed by atoms with van der Waals surface area (Å²) in [5.41, 5.74) is 2.09. The van der Waals surface area contributed by atoms with E-state index in [0.717, 1.165) is 16.8 Å². The van der Waals surface area contributed by atoms with E-state index in [2.05, 4.69) is 4.57 Å².